The molecule has 1 fully saturated rings. The van der Waals surface area contributed by atoms with Crippen LogP contribution in [0.5, 0.6) is 5.75 Å². The van der Waals surface area contributed by atoms with Crippen molar-refractivity contribution >= 4 is 5.91 Å². The summed E-state index contributed by atoms with van der Waals surface area (Å²) in [6.07, 6.45) is 3.88. The molecular formula is C19H20N2O3. The van der Waals surface area contributed by atoms with Gasteiger partial charge in [0.1, 0.15) is 5.75 Å². The van der Waals surface area contributed by atoms with E-state index in [9.17, 15) is 4.79 Å². The van der Waals surface area contributed by atoms with Gasteiger partial charge in [0.2, 0.25) is 0 Å². The second-order valence-corrected chi connectivity index (χ2v) is 6.31. The van der Waals surface area contributed by atoms with Crippen molar-refractivity contribution in [3.63, 3.8) is 0 Å². The normalized spacial score (nSPS) is 17.5. The molecule has 24 heavy (non-hydrogen) atoms. The zero-order valence-electron chi connectivity index (χ0n) is 13.6. The summed E-state index contributed by atoms with van der Waals surface area (Å²) in [6, 6.07) is 11.7. The molecule has 2 heterocycles. The van der Waals surface area contributed by atoms with E-state index in [-0.39, 0.29) is 18.7 Å². The van der Waals surface area contributed by atoms with Crippen molar-refractivity contribution in [2.45, 2.75) is 38.5 Å². The fourth-order valence-corrected chi connectivity index (χ4v) is 3.15. The molecule has 0 N–H and O–H groups in total. The van der Waals surface area contributed by atoms with Gasteiger partial charge in [-0.25, -0.2) is 0 Å². The zero-order valence-corrected chi connectivity index (χ0v) is 13.6. The van der Waals surface area contributed by atoms with Gasteiger partial charge in [0.05, 0.1) is 18.3 Å². The Morgan fingerprint density at radius 2 is 2.17 bits per heavy atom. The first-order valence-corrected chi connectivity index (χ1v) is 8.31. The maximum Gasteiger partial charge on any atom is 0.254 e. The smallest absolute Gasteiger partial charge is 0.254 e. The largest absolute Gasteiger partial charge is 0.467 e. The van der Waals surface area contributed by atoms with Crippen LogP contribution in [-0.2, 0) is 11.3 Å². The third-order valence-corrected chi connectivity index (χ3v) is 4.57. The molecule has 5 nitrogen and oxygen atoms in total. The van der Waals surface area contributed by atoms with E-state index >= 15 is 0 Å². The molecule has 4 rings (SSSR count). The minimum absolute atomic E-state index is 0.0454. The van der Waals surface area contributed by atoms with Crippen molar-refractivity contribution < 1.29 is 14.3 Å². The number of fused-ring (bicyclic) bond motifs is 1. The molecule has 5 heteroatoms. The van der Waals surface area contributed by atoms with E-state index in [1.54, 1.807) is 6.20 Å². The number of pyridine rings is 1. The first kappa shape index (κ1) is 15.1. The van der Waals surface area contributed by atoms with Crippen molar-refractivity contribution in [2.24, 2.45) is 0 Å². The monoisotopic (exact) mass is 324 g/mol. The van der Waals surface area contributed by atoms with Gasteiger partial charge in [0.15, 0.2) is 6.79 Å². The first-order valence-electron chi connectivity index (χ1n) is 8.31. The average molecular weight is 324 g/mol. The van der Waals surface area contributed by atoms with Gasteiger partial charge in [0.25, 0.3) is 5.91 Å². The average Bonchev–Trinajstić information content (AvgIpc) is 3.47. The molecule has 2 aliphatic rings. The molecule has 1 aromatic heterocycles. The zero-order chi connectivity index (χ0) is 16.5. The van der Waals surface area contributed by atoms with Crippen LogP contribution in [-0.4, -0.2) is 28.6 Å². The highest BCUT2D eigenvalue weighted by Gasteiger charge is 2.37. The lowest BCUT2D eigenvalue weighted by atomic mass is 10.1. The number of hydrogen-bond acceptors (Lipinski definition) is 4. The van der Waals surface area contributed by atoms with Crippen molar-refractivity contribution in [1.29, 1.82) is 0 Å². The number of ether oxygens (including phenoxy) is 2. The van der Waals surface area contributed by atoms with Crippen LogP contribution in [0.4, 0.5) is 0 Å². The molecule has 1 aromatic carbocycles. The molecule has 124 valence electrons. The summed E-state index contributed by atoms with van der Waals surface area (Å²) in [5.74, 6) is 0.845. The van der Waals surface area contributed by atoms with Gasteiger partial charge >= 0.3 is 0 Å². The van der Waals surface area contributed by atoms with Gasteiger partial charge in [-0.1, -0.05) is 6.07 Å². The molecule has 0 saturated heterocycles. The number of rotatable bonds is 4. The lowest BCUT2D eigenvalue weighted by Gasteiger charge is -2.29. The summed E-state index contributed by atoms with van der Waals surface area (Å²) in [7, 11) is 0. The highest BCUT2D eigenvalue weighted by molar-refractivity contribution is 5.95. The molecule has 0 unspecified atom stereocenters. The number of carbonyl (C=O) groups excluding carboxylic acids is 1. The van der Waals surface area contributed by atoms with Crippen LogP contribution in [0, 0.1) is 0 Å². The quantitative estimate of drug-likeness (QED) is 0.866. The molecule has 1 aliphatic carbocycles. The predicted octanol–water partition coefficient (Wildman–Crippen LogP) is 3.31. The van der Waals surface area contributed by atoms with Gasteiger partial charge in [-0.3, -0.25) is 9.78 Å². The summed E-state index contributed by atoms with van der Waals surface area (Å²) < 4.78 is 10.7. The second kappa shape index (κ2) is 6.24. The molecule has 1 saturated carbocycles. The molecule has 0 spiro atoms. The van der Waals surface area contributed by atoms with E-state index in [0.717, 1.165) is 29.8 Å². The van der Waals surface area contributed by atoms with Crippen LogP contribution < -0.4 is 4.74 Å². The summed E-state index contributed by atoms with van der Waals surface area (Å²) in [4.78, 5) is 19.5. The Balaban J connectivity index is 1.63. The standard InChI is InChI=1S/C19H20N2O3/c1-13(17-4-2-3-9-20-17)21(16-6-7-16)19(22)14-5-8-18-15(10-14)11-23-12-24-18/h2-5,8-10,13,16H,6-7,11-12H2,1H3/t13-/m1/s1. The van der Waals surface area contributed by atoms with Crippen LogP contribution in [0.3, 0.4) is 0 Å². The number of hydrogen-bond donors (Lipinski definition) is 0. The maximum absolute atomic E-state index is 13.1. The number of nitrogens with zero attached hydrogens (tertiary/aromatic N) is 2. The van der Waals surface area contributed by atoms with E-state index in [2.05, 4.69) is 4.98 Å². The third kappa shape index (κ3) is 2.87. The fraction of sp³-hybridized carbons (Fsp3) is 0.368. The number of benzene rings is 1. The highest BCUT2D eigenvalue weighted by Crippen LogP contribution is 2.35. The van der Waals surface area contributed by atoms with E-state index in [0.29, 0.717) is 18.2 Å². The topological polar surface area (TPSA) is 51.7 Å². The summed E-state index contributed by atoms with van der Waals surface area (Å²) in [6.45, 7) is 2.80. The van der Waals surface area contributed by atoms with Crippen molar-refractivity contribution in [1.82, 2.24) is 9.88 Å². The SMILES string of the molecule is C[C@H](c1ccccn1)N(C(=O)c1ccc2c(c1)COCO2)C1CC1. The summed E-state index contributed by atoms with van der Waals surface area (Å²) >= 11 is 0. The molecule has 0 radical (unpaired) electrons. The minimum Gasteiger partial charge on any atom is -0.467 e. The van der Waals surface area contributed by atoms with Crippen LogP contribution in [0.15, 0.2) is 42.6 Å². The molecule has 2 aromatic rings. The van der Waals surface area contributed by atoms with Crippen LogP contribution in [0.25, 0.3) is 0 Å². The van der Waals surface area contributed by atoms with Gasteiger partial charge in [0, 0.05) is 23.4 Å². The van der Waals surface area contributed by atoms with Crippen LogP contribution >= 0.6 is 0 Å². The fourth-order valence-electron chi connectivity index (χ4n) is 3.15. The Morgan fingerprint density at radius 1 is 1.29 bits per heavy atom. The Kier molecular flexibility index (Phi) is 3.94. The predicted molar refractivity (Wildman–Crippen MR) is 88.6 cm³/mol. The van der Waals surface area contributed by atoms with Gasteiger partial charge < -0.3 is 14.4 Å². The minimum atomic E-state index is -0.0465. The number of amides is 1. The Bertz CT molecular complexity index is 744. The Labute approximate surface area is 141 Å². The lowest BCUT2D eigenvalue weighted by molar-refractivity contribution is -0.0164. The summed E-state index contributed by atoms with van der Waals surface area (Å²) in [5.41, 5.74) is 2.52. The van der Waals surface area contributed by atoms with E-state index < -0.39 is 0 Å². The molecule has 1 aliphatic heterocycles. The van der Waals surface area contributed by atoms with E-state index in [1.165, 1.54) is 0 Å². The second-order valence-electron chi connectivity index (χ2n) is 6.31. The van der Waals surface area contributed by atoms with Gasteiger partial charge in [-0.2, -0.15) is 0 Å². The van der Waals surface area contributed by atoms with Gasteiger partial charge in [-0.05, 0) is 50.1 Å². The van der Waals surface area contributed by atoms with Crippen molar-refractivity contribution in [3.05, 3.63) is 59.4 Å². The van der Waals surface area contributed by atoms with E-state index in [1.807, 2.05) is 48.2 Å². The lowest BCUT2D eigenvalue weighted by Crippen LogP contribution is -2.36. The Hall–Kier alpha value is -2.40. The van der Waals surface area contributed by atoms with Crippen LogP contribution in [0.2, 0.25) is 0 Å². The van der Waals surface area contributed by atoms with Crippen molar-refractivity contribution in [2.75, 3.05) is 6.79 Å². The van der Waals surface area contributed by atoms with Crippen LogP contribution in [0.1, 0.15) is 47.4 Å². The maximum atomic E-state index is 13.1. The summed E-state index contributed by atoms with van der Waals surface area (Å²) in [5, 5.41) is 0. The van der Waals surface area contributed by atoms with Gasteiger partial charge in [-0.15, -0.1) is 0 Å². The third-order valence-electron chi connectivity index (χ3n) is 4.57. The molecule has 0 bridgehead atoms. The Morgan fingerprint density at radius 3 is 2.92 bits per heavy atom. The van der Waals surface area contributed by atoms with E-state index in [4.69, 9.17) is 9.47 Å². The molecule has 1 atom stereocenters. The number of aromatic nitrogens is 1. The molecule has 1 amide bonds. The molecular weight excluding hydrogens is 304 g/mol. The first-order chi connectivity index (χ1) is 11.7. The highest BCUT2D eigenvalue weighted by atomic mass is 16.7. The number of carbonyl (C=O) groups is 1. The van der Waals surface area contributed by atoms with Crippen molar-refractivity contribution in [3.8, 4) is 5.75 Å².